The largest absolute Gasteiger partial charge is 0.345 e. The summed E-state index contributed by atoms with van der Waals surface area (Å²) in [7, 11) is 2.16. The zero-order chi connectivity index (χ0) is 86.7. The van der Waals surface area contributed by atoms with Gasteiger partial charge in [0.15, 0.2) is 0 Å². The first-order valence-corrected chi connectivity index (χ1v) is 48.6. The Morgan fingerprint density at radius 1 is 0.310 bits per heavy atom. The third-order valence-electron chi connectivity index (χ3n) is 27.8. The second-order valence-corrected chi connectivity index (χ2v) is 37.1. The molecule has 0 N–H and O–H groups in total. The van der Waals surface area contributed by atoms with Crippen LogP contribution in [0.3, 0.4) is 0 Å². The molecule has 644 valence electrons. The highest BCUT2D eigenvalue weighted by atomic mass is 15.1. The molecule has 1 unspecified atom stereocenters. The number of benzene rings is 11. The Kier molecular flexibility index (Phi) is 32.2. The van der Waals surface area contributed by atoms with E-state index in [0.29, 0.717) is 0 Å². The van der Waals surface area contributed by atoms with Gasteiger partial charge in [0.05, 0.1) is 11.4 Å². The molecule has 0 aliphatic heterocycles. The topological polar surface area (TPSA) is 29.0 Å². The highest BCUT2D eigenvalue weighted by Crippen LogP contribution is 2.55. The van der Waals surface area contributed by atoms with Crippen LogP contribution < -0.4 is 4.90 Å². The lowest BCUT2D eigenvalue weighted by Gasteiger charge is -2.33. The Balaban J connectivity index is 0.000000159. The van der Waals surface area contributed by atoms with E-state index in [0.717, 1.165) is 17.0 Å². The molecule has 0 fully saturated rings. The molecule has 0 spiro atoms. The summed E-state index contributed by atoms with van der Waals surface area (Å²) in [4.78, 5) is 11.7. The van der Waals surface area contributed by atoms with Gasteiger partial charge in [0.2, 0.25) is 0 Å². The van der Waals surface area contributed by atoms with Crippen LogP contribution in [-0.4, -0.2) is 17.0 Å². The summed E-state index contributed by atoms with van der Waals surface area (Å²) in [6, 6.07) is 97.6. The van der Waals surface area contributed by atoms with Crippen molar-refractivity contribution < 1.29 is 0 Å². The number of hydrogen-bond donors (Lipinski definition) is 0. The van der Waals surface area contributed by atoms with Gasteiger partial charge in [0.25, 0.3) is 0 Å². The van der Waals surface area contributed by atoms with Crippen LogP contribution in [-0.2, 0) is 69.6 Å². The number of rotatable bonds is 40. The summed E-state index contributed by atoms with van der Waals surface area (Å²) in [5.41, 5.74) is 43.6. The van der Waals surface area contributed by atoms with Gasteiger partial charge in [-0.3, -0.25) is 9.97 Å². The molecule has 11 aromatic carbocycles. The normalized spacial score (nSPS) is 13.9. The highest BCUT2D eigenvalue weighted by Gasteiger charge is 2.42. The molecule has 2 aromatic heterocycles. The Hall–Kier alpha value is -11.3. The molecule has 0 radical (unpaired) electrons. The fourth-order valence-corrected chi connectivity index (χ4v) is 19.4. The standard InChI is InChI=1S/C56H61N.C45H50N2.C22H26/c1-44-15-17-46(18-16-44)19-20-47-23-32-51(33-24-47)52-34-25-48(26-35-52)21-22-49-30-41-56(42-31-49)57(2)55-39-28-45(29-40-55)13-11-9-7-5-3-4-6-8-10-12-14-50-27-36-53-37-38-54(53)43-50;1-4-5-6-10-25-45(26-11-8-7-9-12-34-15-16-35-17-18-36(35)28-34)41-27-32(2)13-21-39(41)40-22-19-37(29-42(40)45)38-20-24-44(47-31-38)43-23-14-33(3)30-46-43;1-3-19(20-11-8-17(2)9-12-20)7-5-4-6-18-10-13-21-14-15-22(21)16-18/h15-36,39-43H,3-14,37-38H2,1-2H3;13-16,19-24,27-31H,4-12,17-18,25-26H2,1-3H3;3,8-13,16H,4-7,14-15H2,1-2H3/b20-19+,22-21+;;19-3+. The molecule has 3 nitrogen and oxygen atoms in total. The predicted molar refractivity (Wildman–Crippen MR) is 544 cm³/mol. The van der Waals surface area contributed by atoms with Crippen molar-refractivity contribution in [2.45, 2.75) is 259 Å². The maximum absolute atomic E-state index is 4.86. The number of pyridine rings is 2. The smallest absolute Gasteiger partial charge is 0.0886 e. The lowest BCUT2D eigenvalue weighted by molar-refractivity contribution is 0.400. The molecule has 4 aliphatic rings. The summed E-state index contributed by atoms with van der Waals surface area (Å²) in [6.45, 7) is 13.1. The van der Waals surface area contributed by atoms with Crippen LogP contribution >= 0.6 is 0 Å². The van der Waals surface area contributed by atoms with Crippen molar-refractivity contribution in [1.82, 2.24) is 9.97 Å². The number of fused-ring (bicyclic) bond motifs is 6. The molecule has 126 heavy (non-hydrogen) atoms. The lowest BCUT2D eigenvalue weighted by atomic mass is 9.70. The molecule has 0 saturated carbocycles. The van der Waals surface area contributed by atoms with E-state index in [9.17, 15) is 0 Å². The minimum Gasteiger partial charge on any atom is -0.345 e. The van der Waals surface area contributed by atoms with E-state index in [4.69, 9.17) is 4.98 Å². The zero-order valence-corrected chi connectivity index (χ0v) is 77.0. The highest BCUT2D eigenvalue weighted by molar-refractivity contribution is 5.85. The van der Waals surface area contributed by atoms with E-state index < -0.39 is 0 Å². The minimum atomic E-state index is 0.0708. The quantitative estimate of drug-likeness (QED) is 0.0283. The second kappa shape index (κ2) is 45.3. The summed E-state index contributed by atoms with van der Waals surface area (Å²) in [5, 5.41) is 0. The van der Waals surface area contributed by atoms with Crippen LogP contribution in [0.5, 0.6) is 0 Å². The average molecular weight is 1660 g/mol. The first-order chi connectivity index (χ1) is 61.8. The Morgan fingerprint density at radius 2 is 0.675 bits per heavy atom. The van der Waals surface area contributed by atoms with Gasteiger partial charge >= 0.3 is 0 Å². The second-order valence-electron chi connectivity index (χ2n) is 37.1. The van der Waals surface area contributed by atoms with Gasteiger partial charge in [-0.15, -0.1) is 0 Å². The van der Waals surface area contributed by atoms with Crippen LogP contribution in [0, 0.1) is 27.7 Å². The minimum absolute atomic E-state index is 0.0708. The molecule has 17 rings (SSSR count). The molecule has 1 atom stereocenters. The monoisotopic (exact) mass is 1660 g/mol. The van der Waals surface area contributed by atoms with Gasteiger partial charge in [-0.2, -0.15) is 0 Å². The zero-order valence-electron chi connectivity index (χ0n) is 77.0. The number of nitrogens with zero attached hydrogens (tertiary/aromatic N) is 3. The molecular weight excluding hydrogens is 1520 g/mol. The Labute approximate surface area is 757 Å². The van der Waals surface area contributed by atoms with E-state index >= 15 is 0 Å². The van der Waals surface area contributed by atoms with E-state index in [1.807, 2.05) is 12.4 Å². The van der Waals surface area contributed by atoms with Crippen molar-refractivity contribution in [1.29, 1.82) is 0 Å². The average Bonchev–Trinajstić information content (AvgIpc) is 1.56. The van der Waals surface area contributed by atoms with Crippen LogP contribution in [0.4, 0.5) is 11.4 Å². The number of unbranched alkanes of at least 4 members (excludes halogenated alkanes) is 16. The van der Waals surface area contributed by atoms with Crippen LogP contribution in [0.2, 0.25) is 0 Å². The van der Waals surface area contributed by atoms with Crippen molar-refractivity contribution >= 4 is 41.3 Å². The summed E-state index contributed by atoms with van der Waals surface area (Å²) >= 11 is 0. The molecule has 4 aliphatic carbocycles. The van der Waals surface area contributed by atoms with Crippen molar-refractivity contribution in [2.24, 2.45) is 0 Å². The molecule has 0 saturated heterocycles. The Morgan fingerprint density at radius 3 is 1.12 bits per heavy atom. The maximum atomic E-state index is 4.86. The fourth-order valence-electron chi connectivity index (χ4n) is 19.4. The molecule has 0 amide bonds. The number of allylic oxidation sites excluding steroid dienone is 2. The van der Waals surface area contributed by atoms with Crippen LogP contribution in [0.15, 0.2) is 279 Å². The van der Waals surface area contributed by atoms with Crippen LogP contribution in [0.25, 0.3) is 74.6 Å². The van der Waals surface area contributed by atoms with Crippen LogP contribution in [0.1, 0.15) is 278 Å². The third kappa shape index (κ3) is 24.5. The van der Waals surface area contributed by atoms with E-state index in [-0.39, 0.29) is 5.41 Å². The lowest BCUT2D eigenvalue weighted by Crippen LogP contribution is -2.25. The van der Waals surface area contributed by atoms with Crippen molar-refractivity contribution in [3.05, 3.63) is 396 Å². The van der Waals surface area contributed by atoms with Gasteiger partial charge in [-0.25, -0.2) is 0 Å². The first kappa shape index (κ1) is 89.6. The van der Waals surface area contributed by atoms with E-state index in [2.05, 4.69) is 350 Å². The number of hydrogen-bond acceptors (Lipinski definition) is 3. The fraction of sp³-hybridized carbons (Fsp3) is 0.333. The first-order valence-electron chi connectivity index (χ1n) is 48.6. The summed E-state index contributed by atoms with van der Waals surface area (Å²) < 4.78 is 0. The van der Waals surface area contributed by atoms with E-state index in [1.165, 1.54) is 323 Å². The van der Waals surface area contributed by atoms with Crippen molar-refractivity contribution in [2.75, 3.05) is 11.9 Å². The van der Waals surface area contributed by atoms with Gasteiger partial charge in [-0.05, 0) is 326 Å². The van der Waals surface area contributed by atoms with E-state index in [1.54, 1.807) is 50.1 Å². The Bertz CT molecular complexity index is 5720. The van der Waals surface area contributed by atoms with Gasteiger partial charge in [0.1, 0.15) is 0 Å². The maximum Gasteiger partial charge on any atom is 0.0886 e. The van der Waals surface area contributed by atoms with Crippen molar-refractivity contribution in [3.8, 4) is 44.8 Å². The van der Waals surface area contributed by atoms with Crippen molar-refractivity contribution in [3.63, 3.8) is 0 Å². The number of anilines is 2. The third-order valence-corrected chi connectivity index (χ3v) is 27.8. The predicted octanol–water partition coefficient (Wildman–Crippen LogP) is 33.4. The van der Waals surface area contributed by atoms with Gasteiger partial charge in [-0.1, -0.05) is 369 Å². The summed E-state index contributed by atoms with van der Waals surface area (Å²) in [6.07, 6.45) is 57.9. The molecular formula is C123H137N3. The molecule has 2 heterocycles. The molecule has 13 aromatic rings. The van der Waals surface area contributed by atoms with Gasteiger partial charge in [0, 0.05) is 41.8 Å². The van der Waals surface area contributed by atoms with Gasteiger partial charge < -0.3 is 4.90 Å². The SMILES string of the molecule is C/C=C(\CCCCc1ccc2c(c1)CC2)c1ccc(C)cc1.CCCCCCC1(CCCCCCc2ccc3c(c2)CC3)c2cc(C)ccc2-c2ccc(-c3ccc(-c4ccc(C)cn4)nc3)cc21.Cc1ccc(/C=C/c2ccc(-c3ccc(/C=C/c4ccc(N(C)c5ccc(CCCCCCCCCCCCc6ccc7c(c6)CC7)cc5)cc4)cc3)cc2)cc1. The number of aryl methyl sites for hydroxylation is 14. The molecule has 3 heteroatoms. The molecule has 0 bridgehead atoms. The number of aromatic nitrogens is 2. The summed E-state index contributed by atoms with van der Waals surface area (Å²) in [5.74, 6) is 0.